The number of oxime groups is 1. The van der Waals surface area contributed by atoms with Gasteiger partial charge in [-0.15, -0.1) is 0 Å². The van der Waals surface area contributed by atoms with Gasteiger partial charge in [0.2, 0.25) is 0 Å². The van der Waals surface area contributed by atoms with E-state index in [9.17, 15) is 9.59 Å². The highest BCUT2D eigenvalue weighted by Gasteiger charge is 2.22. The van der Waals surface area contributed by atoms with Crippen molar-refractivity contribution in [1.29, 1.82) is 0 Å². The van der Waals surface area contributed by atoms with Crippen molar-refractivity contribution < 1.29 is 10.0 Å². The molecule has 92 valence electrons. The maximum absolute atomic E-state index is 11.9. The number of hydrogen-bond acceptors (Lipinski definition) is 4. The maximum atomic E-state index is 11.9. The Morgan fingerprint density at radius 1 is 1.65 bits per heavy atom. The van der Waals surface area contributed by atoms with Crippen molar-refractivity contribution in [1.82, 2.24) is 9.88 Å². The molecule has 1 aromatic heterocycles. The fourth-order valence-electron chi connectivity index (χ4n) is 1.23. The number of aromatic amines is 1. The molecule has 0 radical (unpaired) electrons. The van der Waals surface area contributed by atoms with E-state index >= 15 is 0 Å². The fraction of sp³-hybridized carbons (Fsp3) is 0.300. The van der Waals surface area contributed by atoms with Gasteiger partial charge in [-0.05, 0) is 6.92 Å². The lowest BCUT2D eigenvalue weighted by Crippen LogP contribution is -2.44. The SMILES string of the molecule is CC(/C(N)=N/O)N(C)C(=O)c1c[nH]ccc1=O. The third-order valence-corrected chi connectivity index (χ3v) is 2.50. The number of aromatic nitrogens is 1. The molecule has 0 fully saturated rings. The zero-order valence-electron chi connectivity index (χ0n) is 9.54. The Morgan fingerprint density at radius 3 is 2.82 bits per heavy atom. The smallest absolute Gasteiger partial charge is 0.259 e. The average Bonchev–Trinajstić information content (AvgIpc) is 2.35. The fourth-order valence-corrected chi connectivity index (χ4v) is 1.23. The zero-order chi connectivity index (χ0) is 13.0. The van der Waals surface area contributed by atoms with E-state index in [2.05, 4.69) is 10.1 Å². The van der Waals surface area contributed by atoms with Gasteiger partial charge in [-0.1, -0.05) is 5.16 Å². The van der Waals surface area contributed by atoms with Gasteiger partial charge in [0.25, 0.3) is 5.91 Å². The summed E-state index contributed by atoms with van der Waals surface area (Å²) in [6, 6.07) is 0.655. The van der Waals surface area contributed by atoms with Gasteiger partial charge in [-0.3, -0.25) is 9.59 Å². The number of carbonyl (C=O) groups is 1. The van der Waals surface area contributed by atoms with E-state index in [4.69, 9.17) is 10.9 Å². The molecular formula is C10H14N4O3. The van der Waals surface area contributed by atoms with Crippen LogP contribution in [-0.2, 0) is 0 Å². The number of amides is 1. The summed E-state index contributed by atoms with van der Waals surface area (Å²) < 4.78 is 0. The predicted molar refractivity (Wildman–Crippen MR) is 62.0 cm³/mol. The van der Waals surface area contributed by atoms with E-state index in [1.54, 1.807) is 6.92 Å². The number of nitrogens with two attached hydrogens (primary N) is 1. The van der Waals surface area contributed by atoms with Crippen LogP contribution in [0.3, 0.4) is 0 Å². The number of H-pyrrole nitrogens is 1. The van der Waals surface area contributed by atoms with Gasteiger partial charge in [-0.2, -0.15) is 0 Å². The summed E-state index contributed by atoms with van der Waals surface area (Å²) in [4.78, 5) is 27.3. The molecule has 4 N–H and O–H groups in total. The molecule has 1 amide bonds. The van der Waals surface area contributed by atoms with Crippen LogP contribution >= 0.6 is 0 Å². The highest BCUT2D eigenvalue weighted by molar-refractivity contribution is 5.97. The first-order chi connectivity index (χ1) is 7.99. The van der Waals surface area contributed by atoms with Crippen molar-refractivity contribution in [3.63, 3.8) is 0 Å². The molecule has 0 aliphatic heterocycles. The Labute approximate surface area is 97.5 Å². The summed E-state index contributed by atoms with van der Waals surface area (Å²) in [5, 5.41) is 11.3. The minimum absolute atomic E-state index is 0.00703. The number of hydrogen-bond donors (Lipinski definition) is 3. The zero-order valence-corrected chi connectivity index (χ0v) is 9.54. The molecule has 0 spiro atoms. The number of nitrogens with one attached hydrogen (secondary N) is 1. The molecule has 17 heavy (non-hydrogen) atoms. The van der Waals surface area contributed by atoms with Gasteiger partial charge in [0.15, 0.2) is 11.3 Å². The highest BCUT2D eigenvalue weighted by Crippen LogP contribution is 2.02. The minimum Gasteiger partial charge on any atom is -0.409 e. The minimum atomic E-state index is -0.605. The number of likely N-dealkylation sites (N-methyl/N-ethyl adjacent to an activating group) is 1. The Hall–Kier alpha value is -2.31. The Bertz CT molecular complexity index is 494. The van der Waals surface area contributed by atoms with Gasteiger partial charge in [0, 0.05) is 25.5 Å². The molecular weight excluding hydrogens is 224 g/mol. The van der Waals surface area contributed by atoms with E-state index < -0.39 is 11.9 Å². The molecule has 1 rings (SSSR count). The second-order valence-electron chi connectivity index (χ2n) is 3.54. The van der Waals surface area contributed by atoms with Crippen LogP contribution in [0.1, 0.15) is 17.3 Å². The van der Waals surface area contributed by atoms with Crippen LogP contribution in [0.4, 0.5) is 0 Å². The molecule has 1 aromatic rings. The molecule has 0 saturated carbocycles. The summed E-state index contributed by atoms with van der Waals surface area (Å²) in [5.41, 5.74) is 5.02. The Morgan fingerprint density at radius 2 is 2.29 bits per heavy atom. The molecule has 0 aliphatic rings. The summed E-state index contributed by atoms with van der Waals surface area (Å²) in [6.07, 6.45) is 2.76. The van der Waals surface area contributed by atoms with E-state index in [-0.39, 0.29) is 16.8 Å². The Balaban J connectivity index is 2.99. The van der Waals surface area contributed by atoms with Crippen molar-refractivity contribution in [2.75, 3.05) is 7.05 Å². The molecule has 1 heterocycles. The third kappa shape index (κ3) is 2.63. The van der Waals surface area contributed by atoms with E-state index in [0.29, 0.717) is 0 Å². The first-order valence-electron chi connectivity index (χ1n) is 4.90. The van der Waals surface area contributed by atoms with E-state index in [1.165, 1.54) is 30.4 Å². The quantitative estimate of drug-likeness (QED) is 0.287. The Kier molecular flexibility index (Phi) is 3.86. The lowest BCUT2D eigenvalue weighted by atomic mass is 10.2. The maximum Gasteiger partial charge on any atom is 0.259 e. The van der Waals surface area contributed by atoms with Crippen molar-refractivity contribution in [2.45, 2.75) is 13.0 Å². The summed E-state index contributed by atoms with van der Waals surface area (Å²) >= 11 is 0. The molecule has 0 aliphatic carbocycles. The second-order valence-corrected chi connectivity index (χ2v) is 3.54. The molecule has 7 nitrogen and oxygen atoms in total. The molecule has 7 heteroatoms. The molecule has 1 unspecified atom stereocenters. The molecule has 0 saturated heterocycles. The van der Waals surface area contributed by atoms with Crippen molar-refractivity contribution in [3.05, 3.63) is 34.2 Å². The van der Waals surface area contributed by atoms with Gasteiger partial charge >= 0.3 is 0 Å². The van der Waals surface area contributed by atoms with Gasteiger partial charge in [-0.25, -0.2) is 0 Å². The van der Waals surface area contributed by atoms with Crippen molar-refractivity contribution in [2.24, 2.45) is 10.9 Å². The lowest BCUT2D eigenvalue weighted by Gasteiger charge is -2.23. The second kappa shape index (κ2) is 5.15. The third-order valence-electron chi connectivity index (χ3n) is 2.50. The molecule has 1 atom stereocenters. The van der Waals surface area contributed by atoms with Crippen molar-refractivity contribution in [3.8, 4) is 0 Å². The summed E-state index contributed by atoms with van der Waals surface area (Å²) in [7, 11) is 1.47. The predicted octanol–water partition coefficient (Wildman–Crippen LogP) is -0.418. The van der Waals surface area contributed by atoms with Gasteiger partial charge < -0.3 is 20.8 Å². The number of rotatable bonds is 3. The number of carbonyl (C=O) groups excluding carboxylic acids is 1. The standard InChI is InChI=1S/C10H14N4O3/c1-6(9(11)13-17)14(2)10(16)7-5-12-4-3-8(7)15/h3-6,17H,1-2H3,(H2,11,13)(H,12,15). The summed E-state index contributed by atoms with van der Waals surface area (Å²) in [6.45, 7) is 1.59. The largest absolute Gasteiger partial charge is 0.409 e. The molecule has 0 aromatic carbocycles. The van der Waals surface area contributed by atoms with Crippen LogP contribution in [0.15, 0.2) is 28.4 Å². The first kappa shape index (κ1) is 12.8. The van der Waals surface area contributed by atoms with Crippen LogP contribution in [0.5, 0.6) is 0 Å². The first-order valence-corrected chi connectivity index (χ1v) is 4.90. The lowest BCUT2D eigenvalue weighted by molar-refractivity contribution is 0.0774. The number of amidine groups is 1. The highest BCUT2D eigenvalue weighted by atomic mass is 16.4. The van der Waals surface area contributed by atoms with Gasteiger partial charge in [0.05, 0.1) is 6.04 Å². The normalized spacial score (nSPS) is 13.2. The number of pyridine rings is 1. The van der Waals surface area contributed by atoms with Gasteiger partial charge in [0.1, 0.15) is 5.56 Å². The number of nitrogens with zero attached hydrogens (tertiary/aromatic N) is 2. The van der Waals surface area contributed by atoms with Crippen LogP contribution < -0.4 is 11.2 Å². The topological polar surface area (TPSA) is 112 Å². The van der Waals surface area contributed by atoms with Crippen molar-refractivity contribution >= 4 is 11.7 Å². The molecule has 0 bridgehead atoms. The summed E-state index contributed by atoms with van der Waals surface area (Å²) in [5.74, 6) is -0.598. The van der Waals surface area contributed by atoms with E-state index in [0.717, 1.165) is 0 Å². The average molecular weight is 238 g/mol. The van der Waals surface area contributed by atoms with Crippen LogP contribution in [-0.4, -0.2) is 39.9 Å². The van der Waals surface area contributed by atoms with Crippen LogP contribution in [0.25, 0.3) is 0 Å². The van der Waals surface area contributed by atoms with Crippen LogP contribution in [0.2, 0.25) is 0 Å². The van der Waals surface area contributed by atoms with Crippen LogP contribution in [0, 0.1) is 0 Å². The van der Waals surface area contributed by atoms with E-state index in [1.807, 2.05) is 0 Å². The monoisotopic (exact) mass is 238 g/mol.